The van der Waals surface area contributed by atoms with Gasteiger partial charge in [-0.3, -0.25) is 9.79 Å². The van der Waals surface area contributed by atoms with Gasteiger partial charge in [-0.05, 0) is 71.0 Å². The first-order chi connectivity index (χ1) is 15.7. The van der Waals surface area contributed by atoms with Crippen molar-refractivity contribution < 1.29 is 9.18 Å². The zero-order valence-electron chi connectivity index (χ0n) is 19.3. The summed E-state index contributed by atoms with van der Waals surface area (Å²) in [4.78, 5) is 18.2. The average Bonchev–Trinajstić information content (AvgIpc) is 2.90. The Morgan fingerprint density at radius 2 is 1.73 bits per heavy atom. The van der Waals surface area contributed by atoms with E-state index in [9.17, 15) is 9.18 Å². The molecule has 1 aliphatic heterocycles. The zero-order chi connectivity index (χ0) is 23.7. The Balaban J connectivity index is 1.84. The second kappa shape index (κ2) is 9.48. The smallest absolute Gasteiger partial charge is 0.249 e. The molecule has 0 bridgehead atoms. The van der Waals surface area contributed by atoms with Crippen LogP contribution in [0, 0.1) is 5.82 Å². The van der Waals surface area contributed by atoms with Crippen LogP contribution in [0.4, 0.5) is 10.1 Å². The van der Waals surface area contributed by atoms with Crippen molar-refractivity contribution in [3.05, 3.63) is 99.3 Å². The molecule has 1 amide bonds. The third-order valence-corrected chi connectivity index (χ3v) is 6.28. The molecule has 3 aromatic carbocycles. The van der Waals surface area contributed by atoms with Gasteiger partial charge in [-0.2, -0.15) is 0 Å². The molecule has 3 nitrogen and oxygen atoms in total. The van der Waals surface area contributed by atoms with E-state index in [2.05, 4.69) is 51.2 Å². The molecule has 170 valence electrons. The van der Waals surface area contributed by atoms with Crippen LogP contribution in [0.2, 0.25) is 5.02 Å². The predicted molar refractivity (Wildman–Crippen MR) is 134 cm³/mol. The number of nitrogens with zero attached hydrogens (tertiary/aromatic N) is 1. The van der Waals surface area contributed by atoms with Crippen LogP contribution in [0.5, 0.6) is 0 Å². The molecule has 5 heteroatoms. The molecule has 1 unspecified atom stereocenters. The number of hydrogen-bond donors (Lipinski definition) is 1. The van der Waals surface area contributed by atoms with Crippen molar-refractivity contribution in [1.82, 2.24) is 0 Å². The maximum Gasteiger partial charge on any atom is 0.249 e. The highest BCUT2D eigenvalue weighted by atomic mass is 35.5. The minimum Gasteiger partial charge on any atom is -0.324 e. The summed E-state index contributed by atoms with van der Waals surface area (Å²) in [6.07, 6.45) is 0.478. The number of fused-ring (bicyclic) bond motifs is 1. The van der Waals surface area contributed by atoms with Crippen LogP contribution in [0.15, 0.2) is 65.7 Å². The predicted octanol–water partition coefficient (Wildman–Crippen LogP) is 7.13. The maximum absolute atomic E-state index is 13.6. The van der Waals surface area contributed by atoms with E-state index in [0.717, 1.165) is 16.7 Å². The number of benzene rings is 3. The van der Waals surface area contributed by atoms with Crippen molar-refractivity contribution in [2.24, 2.45) is 4.99 Å². The molecule has 1 heterocycles. The van der Waals surface area contributed by atoms with Gasteiger partial charge in [-0.1, -0.05) is 57.5 Å². The molecule has 1 N–H and O–H groups in total. The fourth-order valence-corrected chi connectivity index (χ4v) is 4.70. The maximum atomic E-state index is 13.6. The van der Waals surface area contributed by atoms with E-state index < -0.39 is 6.04 Å². The number of amides is 1. The molecule has 0 fully saturated rings. The van der Waals surface area contributed by atoms with Crippen molar-refractivity contribution in [2.75, 3.05) is 5.32 Å². The number of carbonyl (C=O) groups is 1. The lowest BCUT2D eigenvalue weighted by molar-refractivity contribution is -0.117. The van der Waals surface area contributed by atoms with E-state index in [1.165, 1.54) is 23.3 Å². The van der Waals surface area contributed by atoms with Crippen molar-refractivity contribution >= 4 is 28.9 Å². The highest BCUT2D eigenvalue weighted by molar-refractivity contribution is 6.32. The van der Waals surface area contributed by atoms with Gasteiger partial charge in [0.05, 0.1) is 11.4 Å². The SMILES string of the molecule is CC(C)c1cccc(CC2N=C(c3ccc(F)cc3)c3cc(Cl)ccc3NC2=O)c1C(C)C. The average molecular weight is 463 g/mol. The topological polar surface area (TPSA) is 41.5 Å². The molecule has 0 aliphatic carbocycles. The summed E-state index contributed by atoms with van der Waals surface area (Å²) < 4.78 is 13.6. The van der Waals surface area contributed by atoms with E-state index in [4.69, 9.17) is 16.6 Å². The van der Waals surface area contributed by atoms with Crippen molar-refractivity contribution in [3.8, 4) is 0 Å². The minimum atomic E-state index is -0.629. The van der Waals surface area contributed by atoms with Crippen molar-refractivity contribution in [2.45, 2.75) is 52.0 Å². The van der Waals surface area contributed by atoms with Crippen LogP contribution in [0.1, 0.15) is 67.3 Å². The van der Waals surface area contributed by atoms with Gasteiger partial charge in [0.2, 0.25) is 5.91 Å². The van der Waals surface area contributed by atoms with Gasteiger partial charge in [0.15, 0.2) is 0 Å². The lowest BCUT2D eigenvalue weighted by Crippen LogP contribution is -2.28. The molecule has 1 aliphatic rings. The Labute approximate surface area is 199 Å². The van der Waals surface area contributed by atoms with E-state index in [1.54, 1.807) is 30.3 Å². The van der Waals surface area contributed by atoms with Gasteiger partial charge in [0, 0.05) is 22.6 Å². The second-order valence-corrected chi connectivity index (χ2v) is 9.55. The van der Waals surface area contributed by atoms with Gasteiger partial charge in [0.1, 0.15) is 11.9 Å². The molecule has 0 aromatic heterocycles. The number of carbonyl (C=O) groups excluding carboxylic acids is 1. The summed E-state index contributed by atoms with van der Waals surface area (Å²) in [6, 6.07) is 17.2. The highest BCUT2D eigenvalue weighted by Crippen LogP contribution is 2.32. The lowest BCUT2D eigenvalue weighted by atomic mass is 9.85. The zero-order valence-corrected chi connectivity index (χ0v) is 20.1. The summed E-state index contributed by atoms with van der Waals surface area (Å²) in [6.45, 7) is 8.74. The van der Waals surface area contributed by atoms with Gasteiger partial charge < -0.3 is 5.32 Å². The van der Waals surface area contributed by atoms with Crippen LogP contribution in [0.25, 0.3) is 0 Å². The Morgan fingerprint density at radius 1 is 1.00 bits per heavy atom. The van der Waals surface area contributed by atoms with Crippen LogP contribution in [-0.4, -0.2) is 17.7 Å². The fourth-order valence-electron chi connectivity index (χ4n) is 4.52. The van der Waals surface area contributed by atoms with Crippen molar-refractivity contribution in [1.29, 1.82) is 0 Å². The fraction of sp³-hybridized carbons (Fsp3) is 0.286. The number of hydrogen-bond acceptors (Lipinski definition) is 2. The van der Waals surface area contributed by atoms with E-state index in [1.807, 2.05) is 0 Å². The quantitative estimate of drug-likeness (QED) is 0.430. The Kier molecular flexibility index (Phi) is 6.66. The Hall–Kier alpha value is -2.98. The molecule has 0 radical (unpaired) electrons. The molecule has 0 saturated carbocycles. The molecule has 0 saturated heterocycles. The molecule has 1 atom stereocenters. The summed E-state index contributed by atoms with van der Waals surface area (Å²) in [5, 5.41) is 3.58. The molecule has 3 aromatic rings. The molecular weight excluding hydrogens is 435 g/mol. The van der Waals surface area contributed by atoms with Crippen LogP contribution < -0.4 is 5.32 Å². The van der Waals surface area contributed by atoms with Gasteiger partial charge in [-0.25, -0.2) is 4.39 Å². The normalized spacial score (nSPS) is 15.8. The monoisotopic (exact) mass is 462 g/mol. The number of nitrogens with one attached hydrogen (secondary N) is 1. The van der Waals surface area contributed by atoms with E-state index in [-0.39, 0.29) is 11.7 Å². The van der Waals surface area contributed by atoms with E-state index in [0.29, 0.717) is 34.7 Å². The third-order valence-electron chi connectivity index (χ3n) is 6.04. The number of halogens is 2. The first-order valence-corrected chi connectivity index (χ1v) is 11.7. The van der Waals surface area contributed by atoms with E-state index >= 15 is 0 Å². The number of aliphatic imine (C=N–C) groups is 1. The van der Waals surface area contributed by atoms with Gasteiger partial charge in [0.25, 0.3) is 0 Å². The highest BCUT2D eigenvalue weighted by Gasteiger charge is 2.28. The first kappa shape index (κ1) is 23.2. The van der Waals surface area contributed by atoms with Crippen LogP contribution in [-0.2, 0) is 11.2 Å². The molecule has 33 heavy (non-hydrogen) atoms. The summed E-state index contributed by atoms with van der Waals surface area (Å²) in [5.74, 6) is 0.219. The third kappa shape index (κ3) is 4.86. The standard InChI is InChI=1S/C28H28ClFN2O/c1-16(2)22-7-5-6-19(26(22)17(3)4)14-25-28(33)32-24-13-10-20(29)15-23(24)27(31-25)18-8-11-21(30)12-9-18/h5-13,15-17,25H,14H2,1-4H3,(H,32,33). The van der Waals surface area contributed by atoms with Gasteiger partial charge in [-0.15, -0.1) is 0 Å². The lowest BCUT2D eigenvalue weighted by Gasteiger charge is -2.22. The summed E-state index contributed by atoms with van der Waals surface area (Å²) in [7, 11) is 0. The summed E-state index contributed by atoms with van der Waals surface area (Å²) in [5.41, 5.74) is 6.45. The minimum absolute atomic E-state index is 0.166. The molecule has 4 rings (SSSR count). The van der Waals surface area contributed by atoms with Crippen LogP contribution in [0.3, 0.4) is 0 Å². The number of rotatable bonds is 5. The number of benzodiazepines with no additional fused rings is 1. The first-order valence-electron chi connectivity index (χ1n) is 11.3. The molecule has 0 spiro atoms. The summed E-state index contributed by atoms with van der Waals surface area (Å²) >= 11 is 6.29. The second-order valence-electron chi connectivity index (χ2n) is 9.11. The largest absolute Gasteiger partial charge is 0.324 e. The Morgan fingerprint density at radius 3 is 2.39 bits per heavy atom. The molecular formula is C28H28ClFN2O. The van der Waals surface area contributed by atoms with Crippen molar-refractivity contribution in [3.63, 3.8) is 0 Å². The van der Waals surface area contributed by atoms with Crippen LogP contribution >= 0.6 is 11.6 Å². The number of anilines is 1. The van der Waals surface area contributed by atoms with Gasteiger partial charge >= 0.3 is 0 Å². The Bertz CT molecular complexity index is 1220.